The second kappa shape index (κ2) is 4.79. The van der Waals surface area contributed by atoms with Gasteiger partial charge in [0.1, 0.15) is 9.90 Å². The van der Waals surface area contributed by atoms with Crippen LogP contribution in [0.15, 0.2) is 23.1 Å². The van der Waals surface area contributed by atoms with Crippen LogP contribution in [0.2, 0.25) is 5.02 Å². The lowest BCUT2D eigenvalue weighted by molar-refractivity contribution is 0.570. The Bertz CT molecular complexity index is 687. The molecule has 9 heteroatoms. The predicted molar refractivity (Wildman–Crippen MR) is 66.9 cm³/mol. The zero-order valence-electron chi connectivity index (χ0n) is 9.02. The summed E-state index contributed by atoms with van der Waals surface area (Å²) < 4.78 is 39.6. The summed E-state index contributed by atoms with van der Waals surface area (Å²) in [4.78, 5) is -0.525. The van der Waals surface area contributed by atoms with E-state index >= 15 is 0 Å². The summed E-state index contributed by atoms with van der Waals surface area (Å²) in [5.41, 5.74) is 0. The molecule has 0 saturated carbocycles. The van der Waals surface area contributed by atoms with Gasteiger partial charge in [0.15, 0.2) is 5.82 Å². The summed E-state index contributed by atoms with van der Waals surface area (Å²) in [5.74, 6) is -0.993. The van der Waals surface area contributed by atoms with Gasteiger partial charge < -0.3 is 0 Å². The normalized spacial score (nSPS) is 11.5. The minimum absolute atomic E-state index is 0.0758. The molecule has 0 saturated heterocycles. The summed E-state index contributed by atoms with van der Waals surface area (Å²) in [6.07, 6.45) is 0. The molecule has 0 aliphatic carbocycles. The van der Waals surface area contributed by atoms with Gasteiger partial charge in [0, 0.05) is 0 Å². The molecule has 0 amide bonds. The Hall–Kier alpha value is -1.25. The number of rotatable bonds is 3. The standard InChI is InChI=1S/C9H7ClFN3O2S2/c1-5-12-13-9(17-5)14-18(15,16)7-4-2-3-6(10)8(7)11/h2-4H,1H3,(H,13,14). The van der Waals surface area contributed by atoms with Crippen LogP contribution in [0.25, 0.3) is 0 Å². The highest BCUT2D eigenvalue weighted by atomic mass is 35.5. The summed E-state index contributed by atoms with van der Waals surface area (Å²) in [7, 11) is -4.05. The van der Waals surface area contributed by atoms with Crippen LogP contribution >= 0.6 is 22.9 Å². The van der Waals surface area contributed by atoms with Crippen LogP contribution in [0.3, 0.4) is 0 Å². The van der Waals surface area contributed by atoms with Crippen molar-refractivity contribution in [2.24, 2.45) is 0 Å². The number of anilines is 1. The van der Waals surface area contributed by atoms with Gasteiger partial charge >= 0.3 is 0 Å². The molecule has 0 atom stereocenters. The van der Waals surface area contributed by atoms with Crippen molar-refractivity contribution < 1.29 is 12.8 Å². The van der Waals surface area contributed by atoms with E-state index in [0.717, 1.165) is 17.4 Å². The first-order valence-corrected chi connectivity index (χ1v) is 7.35. The van der Waals surface area contributed by atoms with Crippen molar-refractivity contribution in [2.75, 3.05) is 4.72 Å². The average Bonchev–Trinajstić information content (AvgIpc) is 2.67. The van der Waals surface area contributed by atoms with Gasteiger partial charge in [0.2, 0.25) is 5.13 Å². The smallest absolute Gasteiger partial charge is 0.253 e. The molecule has 1 heterocycles. The number of aromatic nitrogens is 2. The van der Waals surface area contributed by atoms with Crippen LogP contribution < -0.4 is 4.72 Å². The van der Waals surface area contributed by atoms with Gasteiger partial charge in [0.05, 0.1) is 5.02 Å². The minimum Gasteiger partial charge on any atom is -0.253 e. The molecule has 0 aliphatic heterocycles. The van der Waals surface area contributed by atoms with Crippen molar-refractivity contribution in [3.05, 3.63) is 34.0 Å². The highest BCUT2D eigenvalue weighted by Gasteiger charge is 2.22. The Labute approximate surface area is 112 Å². The number of halogens is 2. The second-order valence-corrected chi connectivity index (χ2v) is 6.52. The number of hydrogen-bond acceptors (Lipinski definition) is 5. The van der Waals surface area contributed by atoms with Gasteiger partial charge in [-0.15, -0.1) is 10.2 Å². The SMILES string of the molecule is Cc1nnc(NS(=O)(=O)c2cccc(Cl)c2F)s1. The van der Waals surface area contributed by atoms with Crippen LogP contribution in [0.4, 0.5) is 9.52 Å². The molecule has 0 aliphatic rings. The third-order valence-corrected chi connectivity index (χ3v) is 4.49. The van der Waals surface area contributed by atoms with Gasteiger partial charge in [-0.1, -0.05) is 29.0 Å². The van der Waals surface area contributed by atoms with E-state index in [0.29, 0.717) is 5.01 Å². The Kier molecular flexibility index (Phi) is 3.51. The fraction of sp³-hybridized carbons (Fsp3) is 0.111. The fourth-order valence-electron chi connectivity index (χ4n) is 1.20. The molecule has 2 rings (SSSR count). The van der Waals surface area contributed by atoms with E-state index < -0.39 is 20.7 Å². The van der Waals surface area contributed by atoms with Gasteiger partial charge in [-0.05, 0) is 19.1 Å². The molecule has 2 aromatic rings. The van der Waals surface area contributed by atoms with Gasteiger partial charge in [-0.25, -0.2) is 12.8 Å². The van der Waals surface area contributed by atoms with E-state index in [1.165, 1.54) is 12.1 Å². The van der Waals surface area contributed by atoms with Crippen LogP contribution in [0, 0.1) is 12.7 Å². The maximum Gasteiger partial charge on any atom is 0.266 e. The Morgan fingerprint density at radius 3 is 2.72 bits per heavy atom. The van der Waals surface area contributed by atoms with Crippen LogP contribution in [0.5, 0.6) is 0 Å². The molecule has 18 heavy (non-hydrogen) atoms. The van der Waals surface area contributed by atoms with Crippen molar-refractivity contribution in [3.63, 3.8) is 0 Å². The average molecular weight is 308 g/mol. The molecule has 0 fully saturated rings. The number of nitrogens with zero attached hydrogens (tertiary/aromatic N) is 2. The van der Waals surface area contributed by atoms with Crippen molar-refractivity contribution in [1.82, 2.24) is 10.2 Å². The molecule has 0 spiro atoms. The Morgan fingerprint density at radius 2 is 2.11 bits per heavy atom. The zero-order chi connectivity index (χ0) is 13.3. The minimum atomic E-state index is -4.05. The van der Waals surface area contributed by atoms with Gasteiger partial charge in [-0.2, -0.15) is 0 Å². The van der Waals surface area contributed by atoms with E-state index in [9.17, 15) is 12.8 Å². The lowest BCUT2D eigenvalue weighted by Gasteiger charge is -2.06. The molecular weight excluding hydrogens is 301 g/mol. The lowest BCUT2D eigenvalue weighted by atomic mass is 10.3. The quantitative estimate of drug-likeness (QED) is 0.945. The summed E-state index contributed by atoms with van der Waals surface area (Å²) in [6.45, 7) is 1.68. The molecule has 0 bridgehead atoms. The molecule has 1 aromatic carbocycles. The summed E-state index contributed by atoms with van der Waals surface area (Å²) >= 11 is 6.59. The first kappa shape index (κ1) is 13.2. The van der Waals surface area contributed by atoms with E-state index in [1.807, 2.05) is 0 Å². The molecular formula is C9H7ClFN3O2S2. The van der Waals surface area contributed by atoms with Crippen molar-refractivity contribution >= 4 is 38.1 Å². The molecule has 5 nitrogen and oxygen atoms in total. The topological polar surface area (TPSA) is 72.0 Å². The number of benzene rings is 1. The van der Waals surface area contributed by atoms with Crippen LogP contribution in [-0.2, 0) is 10.0 Å². The van der Waals surface area contributed by atoms with E-state index in [1.54, 1.807) is 6.92 Å². The Balaban J connectivity index is 2.40. The van der Waals surface area contributed by atoms with Crippen molar-refractivity contribution in [3.8, 4) is 0 Å². The predicted octanol–water partition coefficient (Wildman–Crippen LogP) is 2.44. The fourth-order valence-corrected chi connectivity index (χ4v) is 3.35. The van der Waals surface area contributed by atoms with Crippen LogP contribution in [-0.4, -0.2) is 18.6 Å². The van der Waals surface area contributed by atoms with Gasteiger partial charge in [0.25, 0.3) is 10.0 Å². The molecule has 0 radical (unpaired) electrons. The Morgan fingerprint density at radius 1 is 1.39 bits per heavy atom. The largest absolute Gasteiger partial charge is 0.266 e. The molecule has 0 unspecified atom stereocenters. The summed E-state index contributed by atoms with van der Waals surface area (Å²) in [6, 6.07) is 3.74. The molecule has 1 N–H and O–H groups in total. The third kappa shape index (κ3) is 2.60. The van der Waals surface area contributed by atoms with Crippen molar-refractivity contribution in [1.29, 1.82) is 0 Å². The number of sulfonamides is 1. The maximum atomic E-state index is 13.6. The second-order valence-electron chi connectivity index (χ2n) is 3.28. The third-order valence-electron chi connectivity index (χ3n) is 1.95. The van der Waals surface area contributed by atoms with Crippen molar-refractivity contribution in [2.45, 2.75) is 11.8 Å². The first-order valence-electron chi connectivity index (χ1n) is 4.67. The summed E-state index contributed by atoms with van der Waals surface area (Å²) in [5, 5.41) is 7.67. The van der Waals surface area contributed by atoms with E-state index in [-0.39, 0.29) is 10.2 Å². The van der Waals surface area contributed by atoms with Crippen LogP contribution in [0.1, 0.15) is 5.01 Å². The van der Waals surface area contributed by atoms with Gasteiger partial charge in [-0.3, -0.25) is 4.72 Å². The van der Waals surface area contributed by atoms with E-state index in [2.05, 4.69) is 14.9 Å². The highest BCUT2D eigenvalue weighted by Crippen LogP contribution is 2.24. The first-order chi connectivity index (χ1) is 8.40. The maximum absolute atomic E-state index is 13.6. The monoisotopic (exact) mass is 307 g/mol. The molecule has 1 aromatic heterocycles. The lowest BCUT2D eigenvalue weighted by Crippen LogP contribution is -2.14. The number of hydrogen-bond donors (Lipinski definition) is 1. The highest BCUT2D eigenvalue weighted by molar-refractivity contribution is 7.93. The number of nitrogens with one attached hydrogen (secondary N) is 1. The van der Waals surface area contributed by atoms with E-state index in [4.69, 9.17) is 11.6 Å². The number of aryl methyl sites for hydroxylation is 1. The zero-order valence-corrected chi connectivity index (χ0v) is 11.4. The molecule has 96 valence electrons.